The maximum atomic E-state index is 10.5. The number of carboxylic acids is 1. The zero-order valence-electron chi connectivity index (χ0n) is 9.93. The first kappa shape index (κ1) is 11.9. The Morgan fingerprint density at radius 3 is 3.06 bits per heavy atom. The Labute approximate surface area is 101 Å². The predicted molar refractivity (Wildman–Crippen MR) is 64.4 cm³/mol. The van der Waals surface area contributed by atoms with Gasteiger partial charge in [0.1, 0.15) is 5.75 Å². The molecule has 0 fully saturated rings. The van der Waals surface area contributed by atoms with Crippen LogP contribution in [0.15, 0.2) is 24.3 Å². The molecule has 1 N–H and O–H groups in total. The average molecular weight is 235 g/mol. The highest BCUT2D eigenvalue weighted by molar-refractivity contribution is 5.66. The smallest absolute Gasteiger partial charge is 0.304 e. The number of likely N-dealkylation sites (N-methyl/N-ethyl adjacent to an activating group) is 1. The van der Waals surface area contributed by atoms with Crippen LogP contribution in [0.1, 0.15) is 17.9 Å². The minimum Gasteiger partial charge on any atom is -0.493 e. The first-order valence-corrected chi connectivity index (χ1v) is 5.79. The normalized spacial score (nSPS) is 17.9. The first-order valence-electron chi connectivity index (χ1n) is 5.79. The number of ether oxygens (including phenoxy) is 1. The van der Waals surface area contributed by atoms with E-state index in [0.29, 0.717) is 19.1 Å². The molecule has 0 aromatic heterocycles. The van der Waals surface area contributed by atoms with E-state index in [4.69, 9.17) is 9.84 Å². The zero-order valence-corrected chi connectivity index (χ0v) is 9.93. The summed E-state index contributed by atoms with van der Waals surface area (Å²) in [7, 11) is 1.95. The van der Waals surface area contributed by atoms with Crippen molar-refractivity contribution in [3.63, 3.8) is 0 Å². The first-order chi connectivity index (χ1) is 8.16. The lowest BCUT2D eigenvalue weighted by molar-refractivity contribution is -0.137. The summed E-state index contributed by atoms with van der Waals surface area (Å²) in [6.07, 6.45) is 0.186. The van der Waals surface area contributed by atoms with Crippen LogP contribution in [0, 0.1) is 0 Å². The molecule has 0 radical (unpaired) electrons. The van der Waals surface area contributed by atoms with Gasteiger partial charge in [-0.2, -0.15) is 0 Å². The van der Waals surface area contributed by atoms with Crippen LogP contribution in [0.4, 0.5) is 0 Å². The molecular weight excluding hydrogens is 218 g/mol. The SMILES string of the molecule is CN(CCC(=O)O)CC1COc2ccccc21. The molecule has 0 amide bonds. The number of rotatable bonds is 5. The highest BCUT2D eigenvalue weighted by atomic mass is 16.5. The second-order valence-electron chi connectivity index (χ2n) is 4.45. The fraction of sp³-hybridized carbons (Fsp3) is 0.462. The quantitative estimate of drug-likeness (QED) is 0.841. The number of benzene rings is 1. The van der Waals surface area contributed by atoms with Crippen LogP contribution in [0.25, 0.3) is 0 Å². The van der Waals surface area contributed by atoms with Gasteiger partial charge < -0.3 is 14.7 Å². The lowest BCUT2D eigenvalue weighted by Gasteiger charge is -2.19. The Bertz CT molecular complexity index is 405. The summed E-state index contributed by atoms with van der Waals surface area (Å²) in [5, 5.41) is 8.63. The van der Waals surface area contributed by atoms with Gasteiger partial charge in [0, 0.05) is 24.6 Å². The van der Waals surface area contributed by atoms with Crippen LogP contribution in [0.3, 0.4) is 0 Å². The van der Waals surface area contributed by atoms with Gasteiger partial charge in [-0.3, -0.25) is 4.79 Å². The van der Waals surface area contributed by atoms with E-state index in [1.54, 1.807) is 0 Å². The number of carbonyl (C=O) groups is 1. The summed E-state index contributed by atoms with van der Waals surface area (Å²) in [5.41, 5.74) is 1.23. The molecule has 1 aliphatic heterocycles. The molecule has 1 unspecified atom stereocenters. The summed E-state index contributed by atoms with van der Waals surface area (Å²) in [4.78, 5) is 12.5. The Kier molecular flexibility index (Phi) is 3.64. The minimum atomic E-state index is -0.750. The van der Waals surface area contributed by atoms with E-state index in [-0.39, 0.29) is 6.42 Å². The van der Waals surface area contributed by atoms with Crippen LogP contribution < -0.4 is 4.74 Å². The predicted octanol–water partition coefficient (Wildman–Crippen LogP) is 1.57. The lowest BCUT2D eigenvalue weighted by atomic mass is 10.0. The number of para-hydroxylation sites is 1. The largest absolute Gasteiger partial charge is 0.493 e. The molecule has 1 heterocycles. The second-order valence-corrected chi connectivity index (χ2v) is 4.45. The number of fused-ring (bicyclic) bond motifs is 1. The summed E-state index contributed by atoms with van der Waals surface area (Å²) in [6, 6.07) is 8.04. The summed E-state index contributed by atoms with van der Waals surface area (Å²) >= 11 is 0. The molecule has 0 bridgehead atoms. The second kappa shape index (κ2) is 5.19. The Morgan fingerprint density at radius 2 is 2.29 bits per heavy atom. The van der Waals surface area contributed by atoms with Gasteiger partial charge >= 0.3 is 5.97 Å². The Balaban J connectivity index is 1.90. The van der Waals surface area contributed by atoms with E-state index < -0.39 is 5.97 Å². The molecule has 1 aromatic carbocycles. The third-order valence-electron chi connectivity index (χ3n) is 3.04. The number of nitrogens with zero attached hydrogens (tertiary/aromatic N) is 1. The van der Waals surface area contributed by atoms with E-state index in [1.807, 2.05) is 30.1 Å². The number of hydrogen-bond donors (Lipinski definition) is 1. The number of hydrogen-bond acceptors (Lipinski definition) is 3. The summed E-state index contributed by atoms with van der Waals surface area (Å²) < 4.78 is 5.59. The van der Waals surface area contributed by atoms with Gasteiger partial charge in [0.15, 0.2) is 0 Å². The van der Waals surface area contributed by atoms with Gasteiger partial charge in [0.05, 0.1) is 13.0 Å². The minimum absolute atomic E-state index is 0.186. The molecule has 4 nitrogen and oxygen atoms in total. The fourth-order valence-corrected chi connectivity index (χ4v) is 2.13. The van der Waals surface area contributed by atoms with Crippen molar-refractivity contribution >= 4 is 5.97 Å². The zero-order chi connectivity index (χ0) is 12.3. The van der Waals surface area contributed by atoms with Gasteiger partial charge in [-0.15, -0.1) is 0 Å². The Morgan fingerprint density at radius 1 is 1.53 bits per heavy atom. The van der Waals surface area contributed by atoms with Crippen molar-refractivity contribution in [2.45, 2.75) is 12.3 Å². The highest BCUT2D eigenvalue weighted by Crippen LogP contribution is 2.33. The van der Waals surface area contributed by atoms with E-state index in [1.165, 1.54) is 5.56 Å². The molecule has 92 valence electrons. The molecule has 1 aliphatic rings. The maximum absolute atomic E-state index is 10.5. The van der Waals surface area contributed by atoms with E-state index in [9.17, 15) is 4.79 Å². The lowest BCUT2D eigenvalue weighted by Crippen LogP contribution is -2.27. The molecular formula is C13H17NO3. The fourth-order valence-electron chi connectivity index (χ4n) is 2.13. The van der Waals surface area contributed by atoms with Crippen LogP contribution >= 0.6 is 0 Å². The van der Waals surface area contributed by atoms with Crippen molar-refractivity contribution in [3.8, 4) is 5.75 Å². The molecule has 1 aromatic rings. The van der Waals surface area contributed by atoms with Gasteiger partial charge in [0.2, 0.25) is 0 Å². The van der Waals surface area contributed by atoms with Crippen molar-refractivity contribution in [3.05, 3.63) is 29.8 Å². The van der Waals surface area contributed by atoms with E-state index >= 15 is 0 Å². The van der Waals surface area contributed by atoms with Crippen molar-refractivity contribution < 1.29 is 14.6 Å². The molecule has 17 heavy (non-hydrogen) atoms. The van der Waals surface area contributed by atoms with Gasteiger partial charge in [-0.1, -0.05) is 18.2 Å². The molecule has 0 saturated carbocycles. The van der Waals surface area contributed by atoms with Crippen LogP contribution in [0.5, 0.6) is 5.75 Å². The molecule has 4 heteroatoms. The summed E-state index contributed by atoms with van der Waals surface area (Å²) in [5.74, 6) is 0.564. The van der Waals surface area contributed by atoms with E-state index in [2.05, 4.69) is 6.07 Å². The van der Waals surface area contributed by atoms with Crippen LogP contribution in [0.2, 0.25) is 0 Å². The van der Waals surface area contributed by atoms with Crippen molar-refractivity contribution in [1.29, 1.82) is 0 Å². The number of aliphatic carboxylic acids is 1. The third kappa shape index (κ3) is 2.97. The molecule has 0 saturated heterocycles. The average Bonchev–Trinajstić information content (AvgIpc) is 2.70. The van der Waals surface area contributed by atoms with Gasteiger partial charge in [-0.05, 0) is 13.1 Å². The van der Waals surface area contributed by atoms with Crippen LogP contribution in [-0.4, -0.2) is 42.7 Å². The molecule has 2 rings (SSSR count). The van der Waals surface area contributed by atoms with Crippen molar-refractivity contribution in [2.75, 3.05) is 26.7 Å². The molecule has 0 spiro atoms. The molecule has 1 atom stereocenters. The topological polar surface area (TPSA) is 49.8 Å². The van der Waals surface area contributed by atoms with E-state index in [0.717, 1.165) is 12.3 Å². The van der Waals surface area contributed by atoms with Crippen molar-refractivity contribution in [2.24, 2.45) is 0 Å². The Hall–Kier alpha value is -1.55. The highest BCUT2D eigenvalue weighted by Gasteiger charge is 2.24. The maximum Gasteiger partial charge on any atom is 0.304 e. The van der Waals surface area contributed by atoms with Crippen LogP contribution in [-0.2, 0) is 4.79 Å². The monoisotopic (exact) mass is 235 g/mol. The number of carboxylic acid groups (broad SMARTS) is 1. The summed E-state index contributed by atoms with van der Waals surface area (Å²) in [6.45, 7) is 2.11. The molecule has 0 aliphatic carbocycles. The van der Waals surface area contributed by atoms with Crippen molar-refractivity contribution in [1.82, 2.24) is 4.90 Å². The van der Waals surface area contributed by atoms with Gasteiger partial charge in [-0.25, -0.2) is 0 Å². The standard InChI is InChI=1S/C13H17NO3/c1-14(7-6-13(15)16)8-10-9-17-12-5-3-2-4-11(10)12/h2-5,10H,6-9H2,1H3,(H,15,16). The van der Waals surface area contributed by atoms with Gasteiger partial charge in [0.25, 0.3) is 0 Å². The third-order valence-corrected chi connectivity index (χ3v) is 3.04.